The number of benzene rings is 1. The number of carbonyl (C=O) groups excluding carboxylic acids is 1. The Hall–Kier alpha value is -2.95. The van der Waals surface area contributed by atoms with Crippen molar-refractivity contribution < 1.29 is 19.0 Å². The fourth-order valence-electron chi connectivity index (χ4n) is 3.51. The van der Waals surface area contributed by atoms with Crippen LogP contribution in [0.15, 0.2) is 24.3 Å². The summed E-state index contributed by atoms with van der Waals surface area (Å²) in [6.45, 7) is 9.84. The molecule has 186 valence electrons. The topological polar surface area (TPSA) is 101 Å². The SMILES string of the molecule is CCOCCN(C)CCOc1cc(C(=O)Nc2ccc(NC)c(C)c2)nc(N2CCOCC2)n1. The molecule has 0 spiro atoms. The van der Waals surface area contributed by atoms with Gasteiger partial charge < -0.3 is 34.6 Å². The Bertz CT molecular complexity index is 936. The molecule has 1 aromatic carbocycles. The zero-order valence-electron chi connectivity index (χ0n) is 20.6. The summed E-state index contributed by atoms with van der Waals surface area (Å²) in [5.41, 5.74) is 3.00. The maximum absolute atomic E-state index is 13.1. The monoisotopic (exact) mass is 472 g/mol. The molecule has 0 aliphatic carbocycles. The van der Waals surface area contributed by atoms with Crippen LogP contribution in [-0.4, -0.2) is 94.1 Å². The molecular weight excluding hydrogens is 436 g/mol. The zero-order chi connectivity index (χ0) is 24.3. The molecule has 2 heterocycles. The van der Waals surface area contributed by atoms with Gasteiger partial charge in [0.1, 0.15) is 12.3 Å². The lowest BCUT2D eigenvalue weighted by molar-refractivity contribution is 0.102. The van der Waals surface area contributed by atoms with Gasteiger partial charge in [-0.3, -0.25) is 4.79 Å². The lowest BCUT2D eigenvalue weighted by Gasteiger charge is -2.27. The van der Waals surface area contributed by atoms with Crippen LogP contribution in [0.5, 0.6) is 5.88 Å². The summed E-state index contributed by atoms with van der Waals surface area (Å²) in [6.07, 6.45) is 0. The molecule has 2 aromatic rings. The molecule has 1 amide bonds. The first kappa shape index (κ1) is 25.7. The summed E-state index contributed by atoms with van der Waals surface area (Å²) >= 11 is 0. The highest BCUT2D eigenvalue weighted by molar-refractivity contribution is 6.03. The Kier molecular flexibility index (Phi) is 9.87. The molecule has 1 aliphatic heterocycles. The Morgan fingerprint density at radius 1 is 1.18 bits per heavy atom. The van der Waals surface area contributed by atoms with Gasteiger partial charge in [0.25, 0.3) is 5.91 Å². The molecule has 3 rings (SSSR count). The maximum Gasteiger partial charge on any atom is 0.274 e. The van der Waals surface area contributed by atoms with Crippen LogP contribution in [0.2, 0.25) is 0 Å². The van der Waals surface area contributed by atoms with E-state index in [2.05, 4.69) is 25.5 Å². The van der Waals surface area contributed by atoms with Crippen LogP contribution in [-0.2, 0) is 9.47 Å². The van der Waals surface area contributed by atoms with Crippen molar-refractivity contribution >= 4 is 23.2 Å². The summed E-state index contributed by atoms with van der Waals surface area (Å²) in [4.78, 5) is 26.3. The second kappa shape index (κ2) is 13.1. The Morgan fingerprint density at radius 2 is 1.94 bits per heavy atom. The number of rotatable bonds is 12. The second-order valence-corrected chi connectivity index (χ2v) is 8.07. The van der Waals surface area contributed by atoms with Crippen molar-refractivity contribution in [1.82, 2.24) is 14.9 Å². The van der Waals surface area contributed by atoms with Crippen LogP contribution in [0.4, 0.5) is 17.3 Å². The van der Waals surface area contributed by atoms with Gasteiger partial charge in [-0.2, -0.15) is 4.98 Å². The Morgan fingerprint density at radius 3 is 2.65 bits per heavy atom. The molecule has 0 saturated carbocycles. The average Bonchev–Trinajstić information content (AvgIpc) is 2.85. The minimum absolute atomic E-state index is 0.256. The second-order valence-electron chi connectivity index (χ2n) is 8.07. The summed E-state index contributed by atoms with van der Waals surface area (Å²) in [5.74, 6) is 0.533. The zero-order valence-corrected chi connectivity index (χ0v) is 20.6. The van der Waals surface area contributed by atoms with Crippen LogP contribution >= 0.6 is 0 Å². The third kappa shape index (κ3) is 7.54. The fourth-order valence-corrected chi connectivity index (χ4v) is 3.51. The molecule has 1 saturated heterocycles. The lowest BCUT2D eigenvalue weighted by atomic mass is 10.1. The minimum atomic E-state index is -0.313. The normalized spacial score (nSPS) is 13.7. The maximum atomic E-state index is 13.1. The quantitative estimate of drug-likeness (QED) is 0.451. The van der Waals surface area contributed by atoms with Crippen molar-refractivity contribution in [3.63, 3.8) is 0 Å². The van der Waals surface area contributed by atoms with Gasteiger partial charge in [0.05, 0.1) is 19.8 Å². The molecule has 1 aliphatic rings. The van der Waals surface area contributed by atoms with Gasteiger partial charge in [0, 0.05) is 57.3 Å². The van der Waals surface area contributed by atoms with Gasteiger partial charge in [0.2, 0.25) is 11.8 Å². The molecule has 0 radical (unpaired) electrons. The number of hydrogen-bond donors (Lipinski definition) is 2. The van der Waals surface area contributed by atoms with Gasteiger partial charge in [-0.25, -0.2) is 4.98 Å². The van der Waals surface area contributed by atoms with Crippen LogP contribution in [0.1, 0.15) is 23.0 Å². The van der Waals surface area contributed by atoms with E-state index in [1.807, 2.05) is 51.0 Å². The minimum Gasteiger partial charge on any atom is -0.476 e. The number of nitrogens with zero attached hydrogens (tertiary/aromatic N) is 4. The summed E-state index contributed by atoms with van der Waals surface area (Å²) in [6, 6.07) is 7.30. The van der Waals surface area contributed by atoms with Crippen molar-refractivity contribution in [2.45, 2.75) is 13.8 Å². The predicted octanol–water partition coefficient (Wildman–Crippen LogP) is 2.26. The Labute approximate surface area is 201 Å². The van der Waals surface area contributed by atoms with E-state index >= 15 is 0 Å². The lowest BCUT2D eigenvalue weighted by Crippen LogP contribution is -2.37. The number of nitrogens with one attached hydrogen (secondary N) is 2. The van der Waals surface area contributed by atoms with E-state index in [4.69, 9.17) is 14.2 Å². The summed E-state index contributed by atoms with van der Waals surface area (Å²) in [7, 11) is 3.88. The van der Waals surface area contributed by atoms with Crippen molar-refractivity contribution in [3.8, 4) is 5.88 Å². The first-order valence-electron chi connectivity index (χ1n) is 11.7. The molecule has 1 aromatic heterocycles. The van der Waals surface area contributed by atoms with Crippen LogP contribution in [0.3, 0.4) is 0 Å². The number of ether oxygens (including phenoxy) is 3. The predicted molar refractivity (Wildman–Crippen MR) is 133 cm³/mol. The van der Waals surface area contributed by atoms with Crippen molar-refractivity contribution in [2.75, 3.05) is 88.8 Å². The largest absolute Gasteiger partial charge is 0.476 e. The first-order chi connectivity index (χ1) is 16.5. The molecule has 0 bridgehead atoms. The van der Waals surface area contributed by atoms with Gasteiger partial charge in [-0.15, -0.1) is 0 Å². The van der Waals surface area contributed by atoms with Gasteiger partial charge in [0.15, 0.2) is 0 Å². The first-order valence-corrected chi connectivity index (χ1v) is 11.7. The third-order valence-corrected chi connectivity index (χ3v) is 5.52. The van der Waals surface area contributed by atoms with E-state index < -0.39 is 0 Å². The molecule has 10 nitrogen and oxygen atoms in total. The number of aryl methyl sites for hydroxylation is 1. The fraction of sp³-hybridized carbons (Fsp3) is 0.542. The van der Waals surface area contributed by atoms with E-state index in [1.54, 1.807) is 6.07 Å². The van der Waals surface area contributed by atoms with Gasteiger partial charge >= 0.3 is 0 Å². The molecule has 1 fully saturated rings. The van der Waals surface area contributed by atoms with E-state index in [0.717, 1.165) is 17.8 Å². The molecule has 0 unspecified atom stereocenters. The third-order valence-electron chi connectivity index (χ3n) is 5.52. The van der Waals surface area contributed by atoms with E-state index in [0.29, 0.717) is 70.2 Å². The number of aromatic nitrogens is 2. The molecule has 10 heteroatoms. The van der Waals surface area contributed by atoms with Crippen LogP contribution in [0.25, 0.3) is 0 Å². The van der Waals surface area contributed by atoms with E-state index in [9.17, 15) is 4.79 Å². The molecule has 34 heavy (non-hydrogen) atoms. The van der Waals surface area contributed by atoms with Gasteiger partial charge in [-0.1, -0.05) is 0 Å². The van der Waals surface area contributed by atoms with E-state index in [1.165, 1.54) is 0 Å². The highest BCUT2D eigenvalue weighted by atomic mass is 16.5. The summed E-state index contributed by atoms with van der Waals surface area (Å²) in [5, 5.41) is 6.06. The Balaban J connectivity index is 1.71. The van der Waals surface area contributed by atoms with Crippen molar-refractivity contribution in [1.29, 1.82) is 0 Å². The van der Waals surface area contributed by atoms with Crippen LogP contribution in [0, 0.1) is 6.92 Å². The number of hydrogen-bond acceptors (Lipinski definition) is 9. The number of amides is 1. The summed E-state index contributed by atoms with van der Waals surface area (Å²) < 4.78 is 16.8. The van der Waals surface area contributed by atoms with Crippen LogP contribution < -0.4 is 20.3 Å². The number of likely N-dealkylation sites (N-methyl/N-ethyl adjacent to an activating group) is 1. The molecule has 0 atom stereocenters. The molecule has 2 N–H and O–H groups in total. The van der Waals surface area contributed by atoms with Crippen molar-refractivity contribution in [3.05, 3.63) is 35.5 Å². The molecular formula is C24H36N6O4. The standard InChI is InChI=1S/C24H36N6O4/c1-5-32-12-8-29(4)9-15-34-22-17-21(27-24(28-22)30-10-13-33-14-11-30)23(31)26-19-6-7-20(25-3)18(2)16-19/h6-7,16-17,25H,5,8-15H2,1-4H3,(H,26,31). The highest BCUT2D eigenvalue weighted by Crippen LogP contribution is 2.21. The van der Waals surface area contributed by atoms with Crippen molar-refractivity contribution in [2.24, 2.45) is 0 Å². The van der Waals surface area contributed by atoms with Gasteiger partial charge in [-0.05, 0) is 44.7 Å². The van der Waals surface area contributed by atoms with E-state index in [-0.39, 0.29) is 11.6 Å². The smallest absolute Gasteiger partial charge is 0.274 e. The number of morpholine rings is 1. The number of anilines is 3. The average molecular weight is 473 g/mol. The number of carbonyl (C=O) groups is 1. The highest BCUT2D eigenvalue weighted by Gasteiger charge is 2.19.